The Balaban J connectivity index is 0. The van der Waals surface area contributed by atoms with Crippen LogP contribution in [-0.4, -0.2) is 49.3 Å². The summed E-state index contributed by atoms with van der Waals surface area (Å²) in [6, 6.07) is 0. The Kier molecular flexibility index (Phi) is 4370. The van der Waals surface area contributed by atoms with Crippen LogP contribution in [0.5, 0.6) is 0 Å². The zero-order chi connectivity index (χ0) is 0. The molecule has 9 nitrogen and oxygen atoms in total. The maximum Gasteiger partial charge on any atom is 1.00 e. The van der Waals surface area contributed by atoms with Gasteiger partial charge in [-0.05, 0) is 0 Å². The Morgan fingerprint density at radius 2 is 0.214 bits per heavy atom. The van der Waals surface area contributed by atoms with Crippen LogP contribution in [-0.2, 0) is 0 Å². The van der Waals surface area contributed by atoms with Gasteiger partial charge in [-0.25, -0.2) is 0 Å². The van der Waals surface area contributed by atoms with Crippen molar-refractivity contribution in [2.24, 2.45) is 0 Å². The molecule has 0 aliphatic heterocycles. The molecule has 0 amide bonds. The van der Waals surface area contributed by atoms with Gasteiger partial charge >= 0.3 is 148 Å². The summed E-state index contributed by atoms with van der Waals surface area (Å²) < 4.78 is 0. The first-order chi connectivity index (χ1) is 0. The van der Waals surface area contributed by atoms with Crippen molar-refractivity contribution in [3.8, 4) is 0 Å². The second-order valence-electron chi connectivity index (χ2n) is 0. The van der Waals surface area contributed by atoms with E-state index in [1.54, 1.807) is 0 Å². The maximum atomic E-state index is 0. The summed E-state index contributed by atoms with van der Waals surface area (Å²) in [6.45, 7) is 0. The summed E-state index contributed by atoms with van der Waals surface area (Å²) in [5.74, 6) is 0. The summed E-state index contributed by atoms with van der Waals surface area (Å²) in [6.07, 6.45) is 0. The van der Waals surface area contributed by atoms with E-state index in [0.29, 0.717) is 0 Å². The van der Waals surface area contributed by atoms with E-state index in [4.69, 9.17) is 0 Å². The van der Waals surface area contributed by atoms with Crippen molar-refractivity contribution < 1.29 is 204 Å². The average Bonchev–Trinajstić information content (AvgIpc) is 0. The molecule has 0 atom stereocenters. The van der Waals surface area contributed by atoms with Crippen LogP contribution in [0.3, 0.4) is 0 Å². The second kappa shape index (κ2) is 227. The minimum atomic E-state index is 0. The topological polar surface area (TPSA) is 284 Å². The van der Waals surface area contributed by atoms with Crippen LogP contribution in [0, 0.1) is 0 Å². The van der Waals surface area contributed by atoms with E-state index in [-0.39, 0.29) is 204 Å². The molecular formula is H23Na5O9. The maximum absolute atomic E-state index is 0. The van der Waals surface area contributed by atoms with E-state index in [0.717, 1.165) is 0 Å². The Bertz CT molecular complexity index is 29.0. The summed E-state index contributed by atoms with van der Waals surface area (Å²) >= 11 is 0. The second-order valence-corrected chi connectivity index (χ2v) is 0. The van der Waals surface area contributed by atoms with Gasteiger partial charge in [0.15, 0.2) is 0 Å². The fourth-order valence-corrected chi connectivity index (χ4v) is 0. The van der Waals surface area contributed by atoms with E-state index in [2.05, 4.69) is 0 Å². The first kappa shape index (κ1) is 269. The van der Waals surface area contributed by atoms with E-state index < -0.39 is 0 Å². The Labute approximate surface area is 200 Å². The molecule has 14 heteroatoms. The van der Waals surface area contributed by atoms with E-state index >= 15 is 0 Å². The average molecular weight is 282 g/mol. The van der Waals surface area contributed by atoms with Gasteiger partial charge in [0.2, 0.25) is 0 Å². The largest absolute Gasteiger partial charge is 1.00 e. The van der Waals surface area contributed by atoms with Crippen molar-refractivity contribution in [3.63, 3.8) is 0 Å². The van der Waals surface area contributed by atoms with E-state index in [1.807, 2.05) is 0 Å². The molecule has 0 aromatic carbocycles. The quantitative estimate of drug-likeness (QED) is 0.373. The monoisotopic (exact) mass is 282 g/mol. The van der Waals surface area contributed by atoms with Gasteiger partial charge in [0, 0.05) is 0 Å². The van der Waals surface area contributed by atoms with Gasteiger partial charge in [-0.2, -0.15) is 0 Å². The van der Waals surface area contributed by atoms with Gasteiger partial charge in [-0.15, -0.1) is 0 Å². The molecule has 0 saturated carbocycles. The molecule has 0 saturated heterocycles. The predicted octanol–water partition coefficient (Wildman–Crippen LogP) is -21.8. The molecule has 0 unspecified atom stereocenters. The minimum absolute atomic E-state index is 0. The van der Waals surface area contributed by atoms with E-state index in [1.165, 1.54) is 0 Å². The van der Waals surface area contributed by atoms with Crippen molar-refractivity contribution in [3.05, 3.63) is 0 Å². The van der Waals surface area contributed by atoms with Crippen LogP contribution in [0.4, 0.5) is 0 Å². The Morgan fingerprint density at radius 3 is 0.214 bits per heavy atom. The molecule has 0 heterocycles. The van der Waals surface area contributed by atoms with Gasteiger partial charge < -0.3 is 56.4 Å². The van der Waals surface area contributed by atoms with Gasteiger partial charge in [0.1, 0.15) is 0 Å². The summed E-state index contributed by atoms with van der Waals surface area (Å²) in [4.78, 5) is 0. The zero-order valence-electron chi connectivity index (χ0n) is 14.5. The van der Waals surface area contributed by atoms with Crippen molar-refractivity contribution in [1.82, 2.24) is 0 Å². The summed E-state index contributed by atoms with van der Waals surface area (Å²) in [5.41, 5.74) is 0. The van der Waals surface area contributed by atoms with Gasteiger partial charge in [-0.1, -0.05) is 0 Å². The van der Waals surface area contributed by atoms with Crippen molar-refractivity contribution in [2.75, 3.05) is 0 Å². The van der Waals surface area contributed by atoms with Gasteiger partial charge in [-0.3, -0.25) is 0 Å². The third-order valence-electron chi connectivity index (χ3n) is 0. The molecule has 0 aliphatic rings. The van der Waals surface area contributed by atoms with Crippen LogP contribution in [0.15, 0.2) is 0 Å². The number of hydrogen-bond donors (Lipinski definition) is 0. The van der Waals surface area contributed by atoms with Crippen LogP contribution < -0.4 is 148 Å². The Hall–Kier alpha value is 4.64. The first-order valence-corrected chi connectivity index (χ1v) is 0. The first-order valence-electron chi connectivity index (χ1n) is 0. The molecule has 18 N–H and O–H groups in total. The molecule has 82 valence electrons. The van der Waals surface area contributed by atoms with Crippen molar-refractivity contribution in [2.45, 2.75) is 0 Å². The third-order valence-corrected chi connectivity index (χ3v) is 0. The molecule has 0 aromatic rings. The SMILES string of the molecule is O.O.O.O.O.O.O.O.O.[H-].[H-].[H-].[H-].[H-].[Na+].[Na+].[Na+].[Na+].[Na+]. The molecule has 0 fully saturated rings. The molecule has 0 bridgehead atoms. The molecule has 0 aromatic heterocycles. The van der Waals surface area contributed by atoms with Crippen LogP contribution in [0.25, 0.3) is 0 Å². The molecule has 0 rings (SSSR count). The van der Waals surface area contributed by atoms with E-state index in [9.17, 15) is 0 Å². The van der Waals surface area contributed by atoms with Gasteiger partial charge in [0.25, 0.3) is 0 Å². The molecule has 14 heavy (non-hydrogen) atoms. The number of hydrogen-bond acceptors (Lipinski definition) is 0. The van der Waals surface area contributed by atoms with Crippen LogP contribution in [0.2, 0.25) is 0 Å². The molecule has 0 spiro atoms. The van der Waals surface area contributed by atoms with Crippen LogP contribution >= 0.6 is 0 Å². The number of rotatable bonds is 0. The molecular weight excluding hydrogens is 259 g/mol. The van der Waals surface area contributed by atoms with Crippen molar-refractivity contribution >= 4 is 0 Å². The summed E-state index contributed by atoms with van der Waals surface area (Å²) in [5, 5.41) is 0. The van der Waals surface area contributed by atoms with Crippen LogP contribution in [0.1, 0.15) is 7.13 Å². The van der Waals surface area contributed by atoms with Crippen molar-refractivity contribution in [1.29, 1.82) is 0 Å². The Morgan fingerprint density at radius 1 is 0.214 bits per heavy atom. The predicted molar refractivity (Wildman–Crippen MR) is 38.1 cm³/mol. The summed E-state index contributed by atoms with van der Waals surface area (Å²) in [7, 11) is 0. The standard InChI is InChI=1S/5Na.9H2O.5H/h;;;;;9*1H2;;;;;/q5*+1;;;;;;;;;;5*-1. The van der Waals surface area contributed by atoms with Gasteiger partial charge in [0.05, 0.1) is 0 Å². The third kappa shape index (κ3) is 189. The minimum Gasteiger partial charge on any atom is -1.00 e. The molecule has 0 radical (unpaired) electrons. The smallest absolute Gasteiger partial charge is 1.00 e. The zero-order valence-corrected chi connectivity index (χ0v) is 19.5. The normalized spacial score (nSPS) is 0. The fraction of sp³-hybridized carbons (Fsp3) is 0. The fourth-order valence-electron chi connectivity index (χ4n) is 0. The molecule has 0 aliphatic carbocycles.